The first-order valence-corrected chi connectivity index (χ1v) is 7.96. The largest absolute Gasteiger partial charge is 0.486 e. The molecule has 0 aromatic heterocycles. The molecule has 2 aromatic rings. The van der Waals surface area contributed by atoms with Crippen LogP contribution < -0.4 is 14.8 Å². The molecular weight excluding hydrogens is 306 g/mol. The molecule has 0 saturated heterocycles. The molecule has 1 amide bonds. The summed E-state index contributed by atoms with van der Waals surface area (Å²) in [5.74, 6) is 1.26. The minimum atomic E-state index is -0.144. The molecule has 0 atom stereocenters. The van der Waals surface area contributed by atoms with E-state index >= 15 is 0 Å². The van der Waals surface area contributed by atoms with Crippen LogP contribution in [-0.4, -0.2) is 24.9 Å². The topological polar surface area (TPSA) is 64.6 Å². The van der Waals surface area contributed by atoms with E-state index < -0.39 is 0 Å². The van der Waals surface area contributed by atoms with Gasteiger partial charge in [-0.3, -0.25) is 9.59 Å². The van der Waals surface area contributed by atoms with Crippen LogP contribution in [0.25, 0.3) is 0 Å². The maximum absolute atomic E-state index is 12.0. The lowest BCUT2D eigenvalue weighted by Crippen LogP contribution is -2.23. The molecule has 0 aliphatic carbocycles. The number of benzene rings is 2. The molecule has 0 radical (unpaired) electrons. The number of carbonyl (C=O) groups is 2. The number of amides is 1. The summed E-state index contributed by atoms with van der Waals surface area (Å²) in [7, 11) is 0. The molecule has 1 heterocycles. The second-order valence-corrected chi connectivity index (χ2v) is 5.54. The third kappa shape index (κ3) is 4.13. The van der Waals surface area contributed by atoms with Gasteiger partial charge in [-0.15, -0.1) is 0 Å². The molecule has 3 rings (SSSR count). The first kappa shape index (κ1) is 16.1. The molecule has 124 valence electrons. The fourth-order valence-electron chi connectivity index (χ4n) is 2.48. The number of fused-ring (bicyclic) bond motifs is 1. The molecule has 1 aliphatic rings. The van der Waals surface area contributed by atoms with E-state index in [0.29, 0.717) is 31.1 Å². The second kappa shape index (κ2) is 7.64. The zero-order chi connectivity index (χ0) is 16.8. The van der Waals surface area contributed by atoms with Crippen molar-refractivity contribution in [2.24, 2.45) is 0 Å². The molecule has 5 heteroatoms. The van der Waals surface area contributed by atoms with Gasteiger partial charge < -0.3 is 14.8 Å². The number of rotatable bonds is 6. The zero-order valence-electron chi connectivity index (χ0n) is 13.3. The van der Waals surface area contributed by atoms with Gasteiger partial charge in [0.1, 0.15) is 13.2 Å². The Bertz CT molecular complexity index is 727. The third-order valence-corrected chi connectivity index (χ3v) is 3.77. The van der Waals surface area contributed by atoms with Crippen molar-refractivity contribution in [1.29, 1.82) is 0 Å². The van der Waals surface area contributed by atoms with Crippen molar-refractivity contribution in [2.45, 2.75) is 19.4 Å². The fraction of sp³-hybridized carbons (Fsp3) is 0.263. The number of ketones is 1. The second-order valence-electron chi connectivity index (χ2n) is 5.54. The summed E-state index contributed by atoms with van der Waals surface area (Å²) in [6.07, 6.45) is 0.384. The van der Waals surface area contributed by atoms with Crippen LogP contribution in [0.3, 0.4) is 0 Å². The molecular formula is C19H19NO4. The van der Waals surface area contributed by atoms with Crippen molar-refractivity contribution in [3.8, 4) is 11.5 Å². The van der Waals surface area contributed by atoms with Gasteiger partial charge >= 0.3 is 0 Å². The van der Waals surface area contributed by atoms with E-state index in [0.717, 1.165) is 11.3 Å². The van der Waals surface area contributed by atoms with Gasteiger partial charge in [-0.05, 0) is 17.7 Å². The summed E-state index contributed by atoms with van der Waals surface area (Å²) in [6.45, 7) is 1.48. The Morgan fingerprint density at radius 3 is 2.46 bits per heavy atom. The van der Waals surface area contributed by atoms with E-state index in [1.165, 1.54) is 0 Å². The van der Waals surface area contributed by atoms with Gasteiger partial charge in [-0.1, -0.05) is 36.4 Å². The standard InChI is InChI=1S/C19H19NO4/c21-16(15-4-2-1-3-5-15)7-9-19(22)20-13-14-6-8-17-18(12-14)24-11-10-23-17/h1-6,8,12H,7,9-11,13H2,(H,20,22). The minimum absolute atomic E-state index is 0.0231. The summed E-state index contributed by atoms with van der Waals surface area (Å²) in [5, 5.41) is 2.83. The molecule has 0 unspecified atom stereocenters. The summed E-state index contributed by atoms with van der Waals surface area (Å²) in [5.41, 5.74) is 1.57. The average molecular weight is 325 g/mol. The Morgan fingerprint density at radius 1 is 0.917 bits per heavy atom. The first-order chi connectivity index (χ1) is 11.7. The van der Waals surface area contributed by atoms with Gasteiger partial charge in [0.05, 0.1) is 0 Å². The van der Waals surface area contributed by atoms with Crippen LogP contribution in [0.5, 0.6) is 11.5 Å². The van der Waals surface area contributed by atoms with E-state index in [2.05, 4.69) is 5.32 Å². The average Bonchev–Trinajstić information content (AvgIpc) is 2.65. The zero-order valence-corrected chi connectivity index (χ0v) is 13.3. The number of hydrogen-bond donors (Lipinski definition) is 1. The number of Topliss-reactive ketones (excluding diaryl/α,β-unsaturated/α-hetero) is 1. The predicted molar refractivity (Wildman–Crippen MR) is 89.3 cm³/mol. The molecule has 5 nitrogen and oxygen atoms in total. The highest BCUT2D eigenvalue weighted by Gasteiger charge is 2.12. The summed E-state index contributed by atoms with van der Waals surface area (Å²) >= 11 is 0. The van der Waals surface area contributed by atoms with Crippen molar-refractivity contribution in [3.63, 3.8) is 0 Å². The van der Waals surface area contributed by atoms with Crippen LogP contribution in [0.1, 0.15) is 28.8 Å². The van der Waals surface area contributed by atoms with Crippen LogP contribution in [0.2, 0.25) is 0 Å². The summed E-state index contributed by atoms with van der Waals surface area (Å²) in [6, 6.07) is 14.6. The number of carbonyl (C=O) groups excluding carboxylic acids is 2. The monoisotopic (exact) mass is 325 g/mol. The highest BCUT2D eigenvalue weighted by molar-refractivity contribution is 5.97. The van der Waals surface area contributed by atoms with E-state index in [4.69, 9.17) is 9.47 Å². The van der Waals surface area contributed by atoms with Crippen molar-refractivity contribution in [1.82, 2.24) is 5.32 Å². The Balaban J connectivity index is 1.46. The van der Waals surface area contributed by atoms with E-state index in [9.17, 15) is 9.59 Å². The molecule has 0 fully saturated rings. The van der Waals surface area contributed by atoms with Gasteiger partial charge in [-0.2, -0.15) is 0 Å². The molecule has 24 heavy (non-hydrogen) atoms. The molecule has 2 aromatic carbocycles. The van der Waals surface area contributed by atoms with Crippen molar-refractivity contribution in [3.05, 3.63) is 59.7 Å². The van der Waals surface area contributed by atoms with Crippen LogP contribution in [0.15, 0.2) is 48.5 Å². The lowest BCUT2D eigenvalue weighted by Gasteiger charge is -2.19. The Morgan fingerprint density at radius 2 is 1.67 bits per heavy atom. The highest BCUT2D eigenvalue weighted by Crippen LogP contribution is 2.30. The maximum Gasteiger partial charge on any atom is 0.220 e. The quantitative estimate of drug-likeness (QED) is 0.830. The van der Waals surface area contributed by atoms with Gasteiger partial charge in [0.2, 0.25) is 5.91 Å². The minimum Gasteiger partial charge on any atom is -0.486 e. The molecule has 1 aliphatic heterocycles. The normalized spacial score (nSPS) is 12.5. The van der Waals surface area contributed by atoms with E-state index in [1.807, 2.05) is 36.4 Å². The van der Waals surface area contributed by atoms with Gasteiger partial charge in [0.25, 0.3) is 0 Å². The molecule has 0 saturated carbocycles. The summed E-state index contributed by atoms with van der Waals surface area (Å²) in [4.78, 5) is 23.9. The first-order valence-electron chi connectivity index (χ1n) is 7.96. The van der Waals surface area contributed by atoms with Gasteiger partial charge in [-0.25, -0.2) is 0 Å². The number of hydrogen-bond acceptors (Lipinski definition) is 4. The maximum atomic E-state index is 12.0. The van der Waals surface area contributed by atoms with Crippen LogP contribution in [0.4, 0.5) is 0 Å². The third-order valence-electron chi connectivity index (χ3n) is 3.77. The van der Waals surface area contributed by atoms with Crippen molar-refractivity contribution >= 4 is 11.7 Å². The Labute approximate surface area is 140 Å². The van der Waals surface area contributed by atoms with Crippen LogP contribution in [-0.2, 0) is 11.3 Å². The lowest BCUT2D eigenvalue weighted by atomic mass is 10.1. The Kier molecular flexibility index (Phi) is 5.11. The van der Waals surface area contributed by atoms with Crippen LogP contribution >= 0.6 is 0 Å². The fourth-order valence-corrected chi connectivity index (χ4v) is 2.48. The van der Waals surface area contributed by atoms with Gasteiger partial charge in [0.15, 0.2) is 17.3 Å². The summed E-state index contributed by atoms with van der Waals surface area (Å²) < 4.78 is 11.0. The predicted octanol–water partition coefficient (Wildman–Crippen LogP) is 2.74. The smallest absolute Gasteiger partial charge is 0.220 e. The molecule has 0 bridgehead atoms. The highest BCUT2D eigenvalue weighted by atomic mass is 16.6. The van der Waals surface area contributed by atoms with Crippen LogP contribution in [0, 0.1) is 0 Å². The number of ether oxygens (including phenoxy) is 2. The SMILES string of the molecule is O=C(CCC(=O)c1ccccc1)NCc1ccc2c(c1)OCCO2. The molecule has 0 spiro atoms. The van der Waals surface area contributed by atoms with E-state index in [1.54, 1.807) is 12.1 Å². The van der Waals surface area contributed by atoms with E-state index in [-0.39, 0.29) is 24.5 Å². The number of nitrogens with one attached hydrogen (secondary N) is 1. The Hall–Kier alpha value is -2.82. The van der Waals surface area contributed by atoms with Crippen molar-refractivity contribution in [2.75, 3.05) is 13.2 Å². The van der Waals surface area contributed by atoms with Gasteiger partial charge in [0, 0.05) is 24.9 Å². The molecule has 1 N–H and O–H groups in total. The van der Waals surface area contributed by atoms with Crippen molar-refractivity contribution < 1.29 is 19.1 Å². The lowest BCUT2D eigenvalue weighted by molar-refractivity contribution is -0.121.